The van der Waals surface area contributed by atoms with Gasteiger partial charge in [-0.1, -0.05) is 52.3 Å². The van der Waals surface area contributed by atoms with Crippen LogP contribution in [0.5, 0.6) is 17.2 Å². The molecule has 5 nitrogen and oxygen atoms in total. The van der Waals surface area contributed by atoms with E-state index in [-0.39, 0.29) is 18.3 Å². The van der Waals surface area contributed by atoms with E-state index in [2.05, 4.69) is 15.9 Å². The number of benzene rings is 3. The number of allylic oxidation sites excluding steroid dienone is 1. The van der Waals surface area contributed by atoms with Gasteiger partial charge >= 0.3 is 0 Å². The molecule has 0 atom stereocenters. The number of fused-ring (bicyclic) bond motifs is 2. The van der Waals surface area contributed by atoms with Crippen molar-refractivity contribution in [2.24, 2.45) is 0 Å². The number of rotatable bonds is 5. The van der Waals surface area contributed by atoms with Crippen molar-refractivity contribution < 1.29 is 23.7 Å². The number of hydrogen-bond acceptors (Lipinski definition) is 5. The molecule has 0 aromatic heterocycles. The number of carbonyl (C=O) groups is 1. The van der Waals surface area contributed by atoms with Gasteiger partial charge in [0.25, 0.3) is 0 Å². The number of carbonyl (C=O) groups excluding carboxylic acids is 1. The van der Waals surface area contributed by atoms with E-state index in [1.165, 1.54) is 0 Å². The largest absolute Gasteiger partial charge is 0.489 e. The van der Waals surface area contributed by atoms with Crippen molar-refractivity contribution in [2.75, 3.05) is 13.4 Å². The van der Waals surface area contributed by atoms with Crippen molar-refractivity contribution >= 4 is 33.9 Å². The minimum absolute atomic E-state index is 0.154. The lowest BCUT2D eigenvalue weighted by Crippen LogP contribution is -2.12. The Morgan fingerprint density at radius 1 is 1.12 bits per heavy atom. The summed E-state index contributed by atoms with van der Waals surface area (Å²) in [4.78, 5) is 13.1. The fourth-order valence-electron chi connectivity index (χ4n) is 3.91. The van der Waals surface area contributed by atoms with Gasteiger partial charge in [0, 0.05) is 21.7 Å². The maximum atomic E-state index is 13.1. The van der Waals surface area contributed by atoms with Gasteiger partial charge < -0.3 is 18.9 Å². The number of aryl methyl sites for hydroxylation is 1. The number of Topliss-reactive ketones (excluding diaryl/α,β-unsaturated/α-hetero) is 1. The highest BCUT2D eigenvalue weighted by Gasteiger charge is 2.30. The summed E-state index contributed by atoms with van der Waals surface area (Å²) in [6.45, 7) is 2.93. The van der Waals surface area contributed by atoms with Gasteiger partial charge in [-0.3, -0.25) is 4.79 Å². The lowest BCUT2D eigenvalue weighted by Gasteiger charge is -2.20. The van der Waals surface area contributed by atoms with E-state index >= 15 is 0 Å². The summed E-state index contributed by atoms with van der Waals surface area (Å²) in [5.74, 6) is 1.96. The first kappa shape index (κ1) is 21.5. The molecule has 6 heteroatoms. The minimum Gasteiger partial charge on any atom is -0.489 e. The molecule has 166 valence electrons. The fourth-order valence-corrected chi connectivity index (χ4v) is 4.43. The topological polar surface area (TPSA) is 54.0 Å². The van der Waals surface area contributed by atoms with Crippen LogP contribution in [0, 0.1) is 6.92 Å². The Morgan fingerprint density at radius 3 is 2.82 bits per heavy atom. The second kappa shape index (κ2) is 9.25. The van der Waals surface area contributed by atoms with Crippen molar-refractivity contribution in [1.82, 2.24) is 0 Å². The molecule has 33 heavy (non-hydrogen) atoms. The van der Waals surface area contributed by atoms with Crippen molar-refractivity contribution in [3.63, 3.8) is 0 Å². The third-order valence-corrected chi connectivity index (χ3v) is 5.85. The maximum absolute atomic E-state index is 13.1. The van der Waals surface area contributed by atoms with Gasteiger partial charge in [-0.25, -0.2) is 0 Å². The molecule has 0 saturated carbocycles. The van der Waals surface area contributed by atoms with Crippen LogP contribution in [0.25, 0.3) is 12.2 Å². The smallest absolute Gasteiger partial charge is 0.232 e. The predicted molar refractivity (Wildman–Crippen MR) is 130 cm³/mol. The molecule has 3 aromatic carbocycles. The van der Waals surface area contributed by atoms with Crippen LogP contribution >= 0.6 is 15.9 Å². The molecule has 0 N–H and O–H groups in total. The Bertz CT molecular complexity index is 1280. The van der Waals surface area contributed by atoms with Gasteiger partial charge in [0.15, 0.2) is 12.6 Å². The molecule has 0 unspecified atom stereocenters. The molecular formula is C27H21BrO5. The first-order valence-corrected chi connectivity index (χ1v) is 11.3. The van der Waals surface area contributed by atoms with Crippen LogP contribution in [0.1, 0.15) is 32.6 Å². The first-order valence-electron chi connectivity index (χ1n) is 10.5. The molecule has 0 fully saturated rings. The summed E-state index contributed by atoms with van der Waals surface area (Å²) in [6, 6.07) is 17.5. The lowest BCUT2D eigenvalue weighted by atomic mass is 10.0. The standard InChI is InChI=1S/C27H21BrO5/c1-17-10-22(31-9-5-8-18-6-3-2-4-7-18)14-23-25(17)26(29)24(33-23)13-19-11-21(28)12-20-15-30-16-32-27(19)20/h2-8,10-14H,9,15-16H2,1H3/b8-5+,24-13-. The van der Waals surface area contributed by atoms with Crippen LogP contribution in [0.15, 0.2) is 70.9 Å². The van der Waals surface area contributed by atoms with Crippen molar-refractivity contribution in [1.29, 1.82) is 0 Å². The molecule has 2 heterocycles. The van der Waals surface area contributed by atoms with E-state index in [9.17, 15) is 4.79 Å². The molecule has 0 aliphatic carbocycles. The quantitative estimate of drug-likeness (QED) is 0.380. The molecule has 5 rings (SSSR count). The number of halogens is 1. The second-order valence-electron chi connectivity index (χ2n) is 7.77. The molecular weight excluding hydrogens is 484 g/mol. The summed E-state index contributed by atoms with van der Waals surface area (Å²) in [5.41, 5.74) is 4.16. The van der Waals surface area contributed by atoms with Crippen LogP contribution in [0.3, 0.4) is 0 Å². The van der Waals surface area contributed by atoms with Crippen LogP contribution in [0.2, 0.25) is 0 Å². The average Bonchev–Trinajstić information content (AvgIpc) is 3.12. The van der Waals surface area contributed by atoms with E-state index in [0.29, 0.717) is 36.0 Å². The highest BCUT2D eigenvalue weighted by molar-refractivity contribution is 9.10. The van der Waals surface area contributed by atoms with Gasteiger partial charge in [0.05, 0.1) is 12.2 Å². The van der Waals surface area contributed by atoms with E-state index in [0.717, 1.165) is 26.7 Å². The summed E-state index contributed by atoms with van der Waals surface area (Å²) in [5, 5.41) is 0. The molecule has 0 spiro atoms. The summed E-state index contributed by atoms with van der Waals surface area (Å²) in [6.07, 6.45) is 5.68. The third kappa shape index (κ3) is 4.58. The highest BCUT2D eigenvalue weighted by Crippen LogP contribution is 2.39. The lowest BCUT2D eigenvalue weighted by molar-refractivity contribution is -0.0165. The number of hydrogen-bond donors (Lipinski definition) is 0. The van der Waals surface area contributed by atoms with Crippen LogP contribution in [0.4, 0.5) is 0 Å². The highest BCUT2D eigenvalue weighted by atomic mass is 79.9. The molecule has 2 aliphatic rings. The third-order valence-electron chi connectivity index (χ3n) is 5.39. The summed E-state index contributed by atoms with van der Waals surface area (Å²) < 4.78 is 23.8. The van der Waals surface area contributed by atoms with E-state index < -0.39 is 0 Å². The summed E-state index contributed by atoms with van der Waals surface area (Å²) >= 11 is 3.51. The zero-order valence-electron chi connectivity index (χ0n) is 18.0. The molecule has 0 saturated heterocycles. The van der Waals surface area contributed by atoms with Gasteiger partial charge in [0.1, 0.15) is 23.9 Å². The second-order valence-corrected chi connectivity index (χ2v) is 8.69. The maximum Gasteiger partial charge on any atom is 0.232 e. The van der Waals surface area contributed by atoms with Gasteiger partial charge in [-0.05, 0) is 48.4 Å². The van der Waals surface area contributed by atoms with Crippen LogP contribution in [-0.2, 0) is 11.3 Å². The fraction of sp³-hybridized carbons (Fsp3) is 0.148. The van der Waals surface area contributed by atoms with Crippen molar-refractivity contribution in [3.8, 4) is 17.2 Å². The predicted octanol–water partition coefficient (Wildman–Crippen LogP) is 6.33. The Hall–Kier alpha value is -3.35. The zero-order chi connectivity index (χ0) is 22.8. The molecule has 0 bridgehead atoms. The van der Waals surface area contributed by atoms with Crippen LogP contribution < -0.4 is 14.2 Å². The molecule has 2 aliphatic heterocycles. The zero-order valence-corrected chi connectivity index (χ0v) is 19.6. The van der Waals surface area contributed by atoms with E-state index in [1.807, 2.05) is 67.6 Å². The van der Waals surface area contributed by atoms with Crippen LogP contribution in [-0.4, -0.2) is 19.2 Å². The Kier molecular flexibility index (Phi) is 6.03. The molecule has 0 amide bonds. The monoisotopic (exact) mass is 504 g/mol. The van der Waals surface area contributed by atoms with Gasteiger partial charge in [-0.15, -0.1) is 0 Å². The number of ketones is 1. The first-order chi connectivity index (χ1) is 16.1. The Morgan fingerprint density at radius 2 is 1.97 bits per heavy atom. The molecule has 3 aromatic rings. The molecule has 0 radical (unpaired) electrons. The average molecular weight is 505 g/mol. The van der Waals surface area contributed by atoms with E-state index in [4.69, 9.17) is 18.9 Å². The minimum atomic E-state index is -0.154. The SMILES string of the molecule is Cc1cc(OC/C=C/c2ccccc2)cc2c1C(=O)/C(=C/c1cc(Br)cc3c1OCOC3)O2. The number of ether oxygens (including phenoxy) is 4. The van der Waals surface area contributed by atoms with Crippen molar-refractivity contribution in [3.05, 3.63) is 98.7 Å². The Labute approximate surface area is 200 Å². The van der Waals surface area contributed by atoms with Gasteiger partial charge in [-0.2, -0.15) is 0 Å². The van der Waals surface area contributed by atoms with E-state index in [1.54, 1.807) is 12.1 Å². The van der Waals surface area contributed by atoms with Crippen molar-refractivity contribution in [2.45, 2.75) is 13.5 Å². The Balaban J connectivity index is 1.36. The summed E-state index contributed by atoms with van der Waals surface area (Å²) in [7, 11) is 0. The van der Waals surface area contributed by atoms with Gasteiger partial charge in [0.2, 0.25) is 5.78 Å². The normalized spacial score (nSPS) is 15.8.